The Morgan fingerprint density at radius 2 is 1.93 bits per heavy atom. The summed E-state index contributed by atoms with van der Waals surface area (Å²) in [6.07, 6.45) is 5.77. The van der Waals surface area contributed by atoms with Gasteiger partial charge in [-0.25, -0.2) is 4.98 Å². The lowest BCUT2D eigenvalue weighted by Gasteiger charge is -2.22. The van der Waals surface area contributed by atoms with E-state index in [-0.39, 0.29) is 5.13 Å². The predicted octanol–water partition coefficient (Wildman–Crippen LogP) is 4.84. The standard InChI is InChI=1S/C22H19FN6S/c23-20-4-3-19(30-20)14-10-25-11-18-13(14)9-17(26-18)22-21-16(28-29-22)2-1-15(27-21)12-5-7-24-8-6-12/h1-4,9-12,24,26H,5-8H2,(H,28,29). The molecule has 6 nitrogen and oxygen atoms in total. The van der Waals surface area contributed by atoms with Crippen LogP contribution in [0, 0.1) is 5.13 Å². The van der Waals surface area contributed by atoms with Crippen LogP contribution in [0.25, 0.3) is 43.8 Å². The summed E-state index contributed by atoms with van der Waals surface area (Å²) >= 11 is 1.12. The molecule has 0 unspecified atom stereocenters. The molecular weight excluding hydrogens is 399 g/mol. The largest absolute Gasteiger partial charge is 0.352 e. The first-order valence-corrected chi connectivity index (χ1v) is 10.9. The smallest absolute Gasteiger partial charge is 0.176 e. The molecule has 0 saturated carbocycles. The fraction of sp³-hybridized carbons (Fsp3) is 0.227. The summed E-state index contributed by atoms with van der Waals surface area (Å²) in [5.41, 5.74) is 6.38. The first-order valence-electron chi connectivity index (χ1n) is 10.0. The van der Waals surface area contributed by atoms with Gasteiger partial charge in [0.1, 0.15) is 11.2 Å². The Kier molecular flexibility index (Phi) is 4.14. The van der Waals surface area contributed by atoms with Gasteiger partial charge in [-0.3, -0.25) is 10.1 Å². The second-order valence-corrected chi connectivity index (χ2v) is 8.70. The van der Waals surface area contributed by atoms with Gasteiger partial charge in [-0.15, -0.1) is 11.3 Å². The van der Waals surface area contributed by atoms with Crippen LogP contribution in [0.4, 0.5) is 4.39 Å². The summed E-state index contributed by atoms with van der Waals surface area (Å²) in [6, 6.07) is 9.51. The van der Waals surface area contributed by atoms with Crippen molar-refractivity contribution in [2.24, 2.45) is 0 Å². The minimum atomic E-state index is -0.203. The molecule has 8 heteroatoms. The molecule has 0 spiro atoms. The molecule has 1 fully saturated rings. The first-order chi connectivity index (χ1) is 14.8. The fourth-order valence-electron chi connectivity index (χ4n) is 4.28. The summed E-state index contributed by atoms with van der Waals surface area (Å²) in [4.78, 5) is 13.6. The van der Waals surface area contributed by atoms with Crippen LogP contribution in [0.2, 0.25) is 0 Å². The minimum Gasteiger partial charge on any atom is -0.352 e. The quantitative estimate of drug-likeness (QED) is 0.392. The Morgan fingerprint density at radius 3 is 2.77 bits per heavy atom. The summed E-state index contributed by atoms with van der Waals surface area (Å²) in [7, 11) is 0. The molecule has 0 amide bonds. The van der Waals surface area contributed by atoms with Gasteiger partial charge in [0.15, 0.2) is 5.13 Å². The Labute approximate surface area is 175 Å². The van der Waals surface area contributed by atoms with Gasteiger partial charge in [-0.05, 0) is 56.3 Å². The van der Waals surface area contributed by atoms with E-state index in [9.17, 15) is 4.39 Å². The van der Waals surface area contributed by atoms with Gasteiger partial charge in [0.25, 0.3) is 0 Å². The van der Waals surface area contributed by atoms with Crippen LogP contribution >= 0.6 is 11.3 Å². The molecule has 150 valence electrons. The van der Waals surface area contributed by atoms with E-state index in [1.165, 1.54) is 6.07 Å². The van der Waals surface area contributed by atoms with Gasteiger partial charge in [0, 0.05) is 33.6 Å². The number of nitrogens with one attached hydrogen (secondary N) is 3. The summed E-state index contributed by atoms with van der Waals surface area (Å²) in [6.45, 7) is 2.06. The van der Waals surface area contributed by atoms with E-state index in [0.717, 1.165) is 86.7 Å². The van der Waals surface area contributed by atoms with Crippen molar-refractivity contribution in [2.45, 2.75) is 18.8 Å². The maximum Gasteiger partial charge on any atom is 0.176 e. The SMILES string of the molecule is Fc1ccc(-c2cncc3[nH]c(-c4n[nH]c5ccc(C6CCNCC6)nc45)cc23)s1. The van der Waals surface area contributed by atoms with Crippen molar-refractivity contribution in [2.75, 3.05) is 13.1 Å². The monoisotopic (exact) mass is 418 g/mol. The van der Waals surface area contributed by atoms with Crippen LogP contribution < -0.4 is 5.32 Å². The topological polar surface area (TPSA) is 82.3 Å². The predicted molar refractivity (Wildman–Crippen MR) is 117 cm³/mol. The Morgan fingerprint density at radius 1 is 1.03 bits per heavy atom. The number of hydrogen-bond donors (Lipinski definition) is 3. The van der Waals surface area contributed by atoms with Crippen LogP contribution in [-0.2, 0) is 0 Å². The average molecular weight is 419 g/mol. The highest BCUT2D eigenvalue weighted by Gasteiger charge is 2.20. The zero-order chi connectivity index (χ0) is 20.1. The van der Waals surface area contributed by atoms with Gasteiger partial charge in [-0.2, -0.15) is 9.49 Å². The number of halogens is 1. The molecule has 3 N–H and O–H groups in total. The van der Waals surface area contributed by atoms with Crippen LogP contribution in [0.3, 0.4) is 0 Å². The van der Waals surface area contributed by atoms with Crippen LogP contribution in [0.5, 0.6) is 0 Å². The summed E-state index contributed by atoms with van der Waals surface area (Å²) < 4.78 is 13.6. The van der Waals surface area contributed by atoms with Crippen molar-refractivity contribution < 1.29 is 4.39 Å². The molecule has 6 rings (SSSR count). The van der Waals surface area contributed by atoms with E-state index in [2.05, 4.69) is 43.7 Å². The van der Waals surface area contributed by atoms with Crippen molar-refractivity contribution >= 4 is 33.3 Å². The van der Waals surface area contributed by atoms with Gasteiger partial charge >= 0.3 is 0 Å². The molecule has 0 aromatic carbocycles. The normalized spacial score (nSPS) is 15.4. The van der Waals surface area contributed by atoms with Gasteiger partial charge in [-0.1, -0.05) is 0 Å². The third kappa shape index (κ3) is 2.91. The van der Waals surface area contributed by atoms with Gasteiger partial charge in [0.05, 0.1) is 22.9 Å². The average Bonchev–Trinajstić information content (AvgIpc) is 3.51. The second kappa shape index (κ2) is 7.00. The van der Waals surface area contributed by atoms with E-state index in [1.807, 2.05) is 0 Å². The van der Waals surface area contributed by atoms with Crippen LogP contribution in [-0.4, -0.2) is 38.2 Å². The van der Waals surface area contributed by atoms with Crippen molar-refractivity contribution in [3.63, 3.8) is 0 Å². The van der Waals surface area contributed by atoms with Crippen molar-refractivity contribution in [3.8, 4) is 21.8 Å². The molecule has 0 aliphatic carbocycles. The highest BCUT2D eigenvalue weighted by Crippen LogP contribution is 2.36. The minimum absolute atomic E-state index is 0.203. The van der Waals surface area contributed by atoms with E-state index < -0.39 is 0 Å². The summed E-state index contributed by atoms with van der Waals surface area (Å²) in [5, 5.41) is 11.8. The maximum atomic E-state index is 13.6. The van der Waals surface area contributed by atoms with Gasteiger partial charge in [0.2, 0.25) is 0 Å². The fourth-order valence-corrected chi connectivity index (χ4v) is 5.04. The van der Waals surface area contributed by atoms with E-state index in [1.54, 1.807) is 18.5 Å². The first kappa shape index (κ1) is 17.7. The Bertz CT molecular complexity index is 1360. The number of fused-ring (bicyclic) bond motifs is 2. The zero-order valence-corrected chi connectivity index (χ0v) is 16.9. The number of thiophene rings is 1. The molecule has 5 aromatic heterocycles. The lowest BCUT2D eigenvalue weighted by Crippen LogP contribution is -2.27. The number of pyridine rings is 2. The molecule has 0 bridgehead atoms. The molecule has 1 aliphatic heterocycles. The Hall–Kier alpha value is -3.10. The van der Waals surface area contributed by atoms with Crippen LogP contribution in [0.15, 0.2) is 42.7 Å². The lowest BCUT2D eigenvalue weighted by molar-refractivity contribution is 0.454. The second-order valence-electron chi connectivity index (χ2n) is 7.66. The van der Waals surface area contributed by atoms with Crippen molar-refractivity contribution in [3.05, 3.63) is 53.6 Å². The Balaban J connectivity index is 1.47. The third-order valence-electron chi connectivity index (χ3n) is 5.83. The number of aromatic amines is 2. The molecule has 0 radical (unpaired) electrons. The number of aromatic nitrogens is 5. The molecule has 0 atom stereocenters. The number of piperidine rings is 1. The number of H-pyrrole nitrogens is 2. The molecule has 1 aliphatic rings. The van der Waals surface area contributed by atoms with E-state index >= 15 is 0 Å². The lowest BCUT2D eigenvalue weighted by atomic mass is 9.94. The van der Waals surface area contributed by atoms with E-state index in [0.29, 0.717) is 5.92 Å². The number of nitrogens with zero attached hydrogens (tertiary/aromatic N) is 3. The third-order valence-corrected chi connectivity index (χ3v) is 6.73. The zero-order valence-electron chi connectivity index (χ0n) is 16.1. The highest BCUT2D eigenvalue weighted by molar-refractivity contribution is 7.14. The van der Waals surface area contributed by atoms with Gasteiger partial charge < -0.3 is 10.3 Å². The molecular formula is C22H19FN6S. The molecule has 1 saturated heterocycles. The molecule has 5 aromatic rings. The molecule has 30 heavy (non-hydrogen) atoms. The van der Waals surface area contributed by atoms with Crippen molar-refractivity contribution in [1.29, 1.82) is 0 Å². The van der Waals surface area contributed by atoms with E-state index in [4.69, 9.17) is 4.98 Å². The number of hydrogen-bond acceptors (Lipinski definition) is 5. The number of rotatable bonds is 3. The molecule has 6 heterocycles. The highest BCUT2D eigenvalue weighted by atomic mass is 32.1. The summed E-state index contributed by atoms with van der Waals surface area (Å²) in [5.74, 6) is 0.477. The van der Waals surface area contributed by atoms with Crippen molar-refractivity contribution in [1.82, 2.24) is 30.5 Å². The van der Waals surface area contributed by atoms with Crippen LogP contribution in [0.1, 0.15) is 24.5 Å². The maximum absolute atomic E-state index is 13.6.